The van der Waals surface area contributed by atoms with Crippen LogP contribution in [0.3, 0.4) is 0 Å². The number of hydrogen-bond acceptors (Lipinski definition) is 1. The summed E-state index contributed by atoms with van der Waals surface area (Å²) in [7, 11) is 0. The molecule has 1 aliphatic rings. The Morgan fingerprint density at radius 3 is 2.50 bits per heavy atom. The van der Waals surface area contributed by atoms with Gasteiger partial charge in [0.1, 0.15) is 5.38 Å². The highest BCUT2D eigenvalue weighted by Crippen LogP contribution is 2.34. The van der Waals surface area contributed by atoms with Crippen LogP contribution in [0.25, 0.3) is 0 Å². The summed E-state index contributed by atoms with van der Waals surface area (Å²) in [4.78, 5) is 11.3. The Kier molecular flexibility index (Phi) is 2.99. The number of carbonyl (C=O) groups is 1. The van der Waals surface area contributed by atoms with Crippen LogP contribution < -0.4 is 5.32 Å². The van der Waals surface area contributed by atoms with E-state index in [1.807, 2.05) is 0 Å². The van der Waals surface area contributed by atoms with Gasteiger partial charge in [-0.15, -0.1) is 11.6 Å². The van der Waals surface area contributed by atoms with Crippen LogP contribution in [0.4, 0.5) is 0 Å². The summed E-state index contributed by atoms with van der Waals surface area (Å²) in [5, 5.41) is 2.60. The molecule has 0 aromatic heterocycles. The second kappa shape index (κ2) is 3.65. The average molecular weight is 190 g/mol. The van der Waals surface area contributed by atoms with Crippen LogP contribution in [0.5, 0.6) is 0 Å². The van der Waals surface area contributed by atoms with Crippen molar-refractivity contribution >= 4 is 17.5 Å². The fourth-order valence-corrected chi connectivity index (χ4v) is 1.59. The number of amides is 1. The fraction of sp³-hybridized carbons (Fsp3) is 0.889. The number of carbonyl (C=O) groups excluding carboxylic acids is 1. The van der Waals surface area contributed by atoms with Gasteiger partial charge in [-0.2, -0.15) is 0 Å². The zero-order chi connectivity index (χ0) is 9.19. The van der Waals surface area contributed by atoms with Crippen molar-refractivity contribution < 1.29 is 4.79 Å². The lowest BCUT2D eigenvalue weighted by Gasteiger charge is -2.42. The van der Waals surface area contributed by atoms with Gasteiger partial charge in [-0.3, -0.25) is 4.79 Å². The summed E-state index contributed by atoms with van der Waals surface area (Å²) in [6.45, 7) is 3.82. The first-order chi connectivity index (χ1) is 5.59. The predicted octanol–water partition coefficient (Wildman–Crippen LogP) is 2.06. The summed E-state index contributed by atoms with van der Waals surface area (Å²) >= 11 is 5.66. The predicted molar refractivity (Wildman–Crippen MR) is 50.3 cm³/mol. The first-order valence-corrected chi connectivity index (χ1v) is 4.99. The highest BCUT2D eigenvalue weighted by atomic mass is 35.5. The van der Waals surface area contributed by atoms with Crippen LogP contribution in [0.15, 0.2) is 0 Å². The first-order valence-electron chi connectivity index (χ1n) is 4.56. The number of hydrogen-bond donors (Lipinski definition) is 1. The number of alkyl halides is 1. The van der Waals surface area contributed by atoms with Gasteiger partial charge >= 0.3 is 0 Å². The minimum atomic E-state index is -0.408. The largest absolute Gasteiger partial charge is 0.349 e. The van der Waals surface area contributed by atoms with Gasteiger partial charge in [-0.05, 0) is 32.6 Å². The Balaban J connectivity index is 2.43. The summed E-state index contributed by atoms with van der Waals surface area (Å²) in [5.41, 5.74) is 0.0836. The van der Waals surface area contributed by atoms with Crippen LogP contribution in [0.2, 0.25) is 0 Å². The lowest BCUT2D eigenvalue weighted by molar-refractivity contribution is -0.123. The van der Waals surface area contributed by atoms with Gasteiger partial charge in [0, 0.05) is 5.54 Å². The number of rotatable bonds is 3. The highest BCUT2D eigenvalue weighted by Gasteiger charge is 2.36. The van der Waals surface area contributed by atoms with E-state index in [0.717, 1.165) is 19.3 Å². The molecule has 1 rings (SSSR count). The second-order valence-corrected chi connectivity index (χ2v) is 4.25. The second-order valence-electron chi connectivity index (χ2n) is 3.59. The van der Waals surface area contributed by atoms with E-state index in [0.29, 0.717) is 0 Å². The molecular formula is C9H16ClNO. The van der Waals surface area contributed by atoms with Gasteiger partial charge in [0.25, 0.3) is 0 Å². The van der Waals surface area contributed by atoms with Crippen molar-refractivity contribution in [3.8, 4) is 0 Å². The Morgan fingerprint density at radius 1 is 1.67 bits per heavy atom. The van der Waals surface area contributed by atoms with Gasteiger partial charge in [0.2, 0.25) is 5.91 Å². The van der Waals surface area contributed by atoms with Crippen molar-refractivity contribution in [2.24, 2.45) is 0 Å². The first kappa shape index (κ1) is 9.85. The molecule has 0 radical (unpaired) electrons. The molecule has 0 bridgehead atoms. The van der Waals surface area contributed by atoms with Crippen molar-refractivity contribution in [1.29, 1.82) is 0 Å². The normalized spacial score (nSPS) is 22.6. The lowest BCUT2D eigenvalue weighted by Crippen LogP contribution is -2.54. The third-order valence-corrected chi connectivity index (χ3v) is 2.94. The van der Waals surface area contributed by atoms with E-state index in [9.17, 15) is 4.79 Å². The molecule has 1 N–H and O–H groups in total. The van der Waals surface area contributed by atoms with Crippen molar-refractivity contribution in [3.05, 3.63) is 0 Å². The monoisotopic (exact) mass is 189 g/mol. The van der Waals surface area contributed by atoms with E-state index >= 15 is 0 Å². The van der Waals surface area contributed by atoms with Crippen LogP contribution in [0.1, 0.15) is 39.5 Å². The highest BCUT2D eigenvalue weighted by molar-refractivity contribution is 6.30. The molecule has 2 nitrogen and oxygen atoms in total. The van der Waals surface area contributed by atoms with Crippen molar-refractivity contribution in [2.45, 2.75) is 50.4 Å². The van der Waals surface area contributed by atoms with Gasteiger partial charge in [0.15, 0.2) is 0 Å². The minimum absolute atomic E-state index is 0.0294. The maximum absolute atomic E-state index is 11.3. The molecule has 1 atom stereocenters. The van der Waals surface area contributed by atoms with E-state index in [-0.39, 0.29) is 11.4 Å². The van der Waals surface area contributed by atoms with E-state index in [1.165, 1.54) is 6.42 Å². The molecule has 0 saturated heterocycles. The average Bonchev–Trinajstić information content (AvgIpc) is 1.96. The summed E-state index contributed by atoms with van der Waals surface area (Å²) in [6, 6.07) is 0. The summed E-state index contributed by atoms with van der Waals surface area (Å²) < 4.78 is 0. The molecule has 12 heavy (non-hydrogen) atoms. The summed E-state index contributed by atoms with van der Waals surface area (Å²) in [6.07, 6.45) is 4.46. The van der Waals surface area contributed by atoms with Crippen molar-refractivity contribution in [1.82, 2.24) is 5.32 Å². The van der Waals surface area contributed by atoms with Gasteiger partial charge < -0.3 is 5.32 Å². The van der Waals surface area contributed by atoms with Crippen LogP contribution in [0, 0.1) is 0 Å². The molecular weight excluding hydrogens is 174 g/mol. The van der Waals surface area contributed by atoms with Gasteiger partial charge in [-0.25, -0.2) is 0 Å². The van der Waals surface area contributed by atoms with Gasteiger partial charge in [-0.1, -0.05) is 6.92 Å². The standard InChI is InChI=1S/C9H16ClNO/c1-3-9(5-4-6-9)11-8(12)7(2)10/h7H,3-6H2,1-2H3,(H,11,12). The molecule has 70 valence electrons. The number of halogens is 1. The molecule has 3 heteroatoms. The molecule has 0 heterocycles. The smallest absolute Gasteiger partial charge is 0.238 e. The lowest BCUT2D eigenvalue weighted by atomic mass is 9.75. The third kappa shape index (κ3) is 1.92. The van der Waals surface area contributed by atoms with E-state index < -0.39 is 5.38 Å². The quantitative estimate of drug-likeness (QED) is 0.677. The van der Waals surface area contributed by atoms with Crippen molar-refractivity contribution in [2.75, 3.05) is 0 Å². The van der Waals surface area contributed by atoms with E-state index in [1.54, 1.807) is 6.92 Å². The SMILES string of the molecule is CCC1(NC(=O)C(C)Cl)CCC1. The van der Waals surface area contributed by atoms with E-state index in [4.69, 9.17) is 11.6 Å². The molecule has 1 aliphatic carbocycles. The molecule has 1 amide bonds. The zero-order valence-corrected chi connectivity index (χ0v) is 8.45. The van der Waals surface area contributed by atoms with Crippen LogP contribution in [-0.4, -0.2) is 16.8 Å². The molecule has 1 fully saturated rings. The van der Waals surface area contributed by atoms with E-state index in [2.05, 4.69) is 12.2 Å². The molecule has 0 aromatic carbocycles. The number of nitrogens with one attached hydrogen (secondary N) is 1. The Bertz CT molecular complexity index is 170. The Hall–Kier alpha value is -0.240. The molecule has 1 unspecified atom stereocenters. The molecule has 0 aliphatic heterocycles. The van der Waals surface area contributed by atoms with Crippen LogP contribution in [-0.2, 0) is 4.79 Å². The third-order valence-electron chi connectivity index (χ3n) is 2.74. The topological polar surface area (TPSA) is 29.1 Å². The Labute approximate surface area is 78.7 Å². The maximum atomic E-state index is 11.3. The molecule has 0 spiro atoms. The zero-order valence-electron chi connectivity index (χ0n) is 7.69. The Morgan fingerprint density at radius 2 is 2.25 bits per heavy atom. The van der Waals surface area contributed by atoms with Gasteiger partial charge in [0.05, 0.1) is 0 Å². The minimum Gasteiger partial charge on any atom is -0.349 e. The maximum Gasteiger partial charge on any atom is 0.238 e. The van der Waals surface area contributed by atoms with Crippen LogP contribution >= 0.6 is 11.6 Å². The summed E-state index contributed by atoms with van der Waals surface area (Å²) in [5.74, 6) is -0.0294. The molecule has 1 saturated carbocycles. The molecule has 0 aromatic rings. The fourth-order valence-electron chi connectivity index (χ4n) is 1.53. The van der Waals surface area contributed by atoms with Crippen molar-refractivity contribution in [3.63, 3.8) is 0 Å².